The number of nitrogen functional groups attached to an aromatic ring is 1. The molecule has 1 aromatic rings. The second kappa shape index (κ2) is 5.35. The van der Waals surface area contributed by atoms with Crippen LogP contribution in [0.4, 0.5) is 5.82 Å². The van der Waals surface area contributed by atoms with E-state index in [1.807, 2.05) is 6.07 Å². The van der Waals surface area contributed by atoms with Gasteiger partial charge in [0.2, 0.25) is 5.91 Å². The molecular weight excluding hydrogens is 228 g/mol. The number of primary amides is 1. The van der Waals surface area contributed by atoms with Crippen LogP contribution in [0.25, 0.3) is 0 Å². The zero-order valence-electron chi connectivity index (χ0n) is 10.7. The number of carbonyl (C=O) groups is 1. The van der Waals surface area contributed by atoms with Crippen LogP contribution in [0.1, 0.15) is 25.3 Å². The molecule has 0 saturated carbocycles. The highest BCUT2D eigenvalue weighted by Crippen LogP contribution is 2.23. The molecule has 2 rings (SSSR count). The van der Waals surface area contributed by atoms with Crippen molar-refractivity contribution in [3.05, 3.63) is 23.9 Å². The van der Waals surface area contributed by atoms with Gasteiger partial charge in [-0.05, 0) is 31.4 Å². The first-order valence-corrected chi connectivity index (χ1v) is 6.30. The van der Waals surface area contributed by atoms with Gasteiger partial charge in [0.25, 0.3) is 0 Å². The fraction of sp³-hybridized carbons (Fsp3) is 0.538. The number of aromatic nitrogens is 1. The smallest absolute Gasteiger partial charge is 0.221 e. The number of hydrogen-bond donors (Lipinski definition) is 2. The average Bonchev–Trinajstić information content (AvgIpc) is 2.34. The summed E-state index contributed by atoms with van der Waals surface area (Å²) in [5, 5.41) is 0. The standard InChI is InChI=1S/C13H20N4O/c1-9-2-4-11(13(15)18)8-17(9)7-10-3-5-12(14)16-6-10/h3,5-6,9,11H,2,4,7-8H2,1H3,(H2,14,16)(H2,15,18). The van der Waals surface area contributed by atoms with Crippen LogP contribution >= 0.6 is 0 Å². The van der Waals surface area contributed by atoms with Crippen molar-refractivity contribution in [2.45, 2.75) is 32.4 Å². The third-order valence-electron chi connectivity index (χ3n) is 3.65. The van der Waals surface area contributed by atoms with Crippen LogP contribution in [0.3, 0.4) is 0 Å². The van der Waals surface area contributed by atoms with E-state index >= 15 is 0 Å². The molecule has 0 spiro atoms. The van der Waals surface area contributed by atoms with Crippen molar-refractivity contribution in [2.24, 2.45) is 11.7 Å². The third kappa shape index (κ3) is 2.98. The lowest BCUT2D eigenvalue weighted by Crippen LogP contribution is -2.45. The van der Waals surface area contributed by atoms with Crippen molar-refractivity contribution in [1.29, 1.82) is 0 Å². The molecule has 18 heavy (non-hydrogen) atoms. The van der Waals surface area contributed by atoms with Gasteiger partial charge in [-0.1, -0.05) is 6.07 Å². The lowest BCUT2D eigenvalue weighted by Gasteiger charge is -2.36. The lowest BCUT2D eigenvalue weighted by molar-refractivity contribution is -0.124. The molecule has 2 heterocycles. The second-order valence-corrected chi connectivity index (χ2v) is 5.05. The average molecular weight is 248 g/mol. The molecule has 1 aliphatic heterocycles. The first-order valence-electron chi connectivity index (χ1n) is 6.30. The fourth-order valence-electron chi connectivity index (χ4n) is 2.40. The van der Waals surface area contributed by atoms with Crippen LogP contribution in [0, 0.1) is 5.92 Å². The molecule has 2 unspecified atom stereocenters. The number of carbonyl (C=O) groups excluding carboxylic acids is 1. The summed E-state index contributed by atoms with van der Waals surface area (Å²) < 4.78 is 0. The second-order valence-electron chi connectivity index (χ2n) is 5.05. The molecule has 2 atom stereocenters. The minimum absolute atomic E-state index is 0.0251. The van der Waals surface area contributed by atoms with E-state index in [2.05, 4.69) is 16.8 Å². The first-order chi connectivity index (χ1) is 8.56. The number of pyridine rings is 1. The quantitative estimate of drug-likeness (QED) is 0.826. The van der Waals surface area contributed by atoms with Crippen molar-refractivity contribution < 1.29 is 4.79 Å². The lowest BCUT2D eigenvalue weighted by atomic mass is 9.92. The molecule has 1 aliphatic rings. The molecule has 1 fully saturated rings. The van der Waals surface area contributed by atoms with Crippen molar-refractivity contribution >= 4 is 11.7 Å². The Hall–Kier alpha value is -1.62. The van der Waals surface area contributed by atoms with E-state index < -0.39 is 0 Å². The van der Waals surface area contributed by atoms with Gasteiger partial charge in [-0.25, -0.2) is 4.98 Å². The normalized spacial score (nSPS) is 24.9. The van der Waals surface area contributed by atoms with Gasteiger partial charge in [-0.3, -0.25) is 9.69 Å². The van der Waals surface area contributed by atoms with E-state index in [9.17, 15) is 4.79 Å². The SMILES string of the molecule is CC1CCC(C(N)=O)CN1Cc1ccc(N)nc1. The van der Waals surface area contributed by atoms with Crippen molar-refractivity contribution in [2.75, 3.05) is 12.3 Å². The molecule has 1 aromatic heterocycles. The van der Waals surface area contributed by atoms with Crippen molar-refractivity contribution in [3.63, 3.8) is 0 Å². The summed E-state index contributed by atoms with van der Waals surface area (Å²) in [6.45, 7) is 3.71. The van der Waals surface area contributed by atoms with Crippen LogP contribution in [0.15, 0.2) is 18.3 Å². The number of hydrogen-bond acceptors (Lipinski definition) is 4. The molecule has 0 aliphatic carbocycles. The van der Waals surface area contributed by atoms with E-state index in [0.717, 1.165) is 31.5 Å². The summed E-state index contributed by atoms with van der Waals surface area (Å²) in [6, 6.07) is 4.25. The van der Waals surface area contributed by atoms with Crippen LogP contribution in [-0.2, 0) is 11.3 Å². The summed E-state index contributed by atoms with van der Waals surface area (Å²) >= 11 is 0. The maximum Gasteiger partial charge on any atom is 0.221 e. The maximum absolute atomic E-state index is 11.3. The monoisotopic (exact) mass is 248 g/mol. The molecule has 1 saturated heterocycles. The molecule has 5 nitrogen and oxygen atoms in total. The predicted octanol–water partition coefficient (Wildman–Crippen LogP) is 0.750. The highest BCUT2D eigenvalue weighted by atomic mass is 16.1. The highest BCUT2D eigenvalue weighted by Gasteiger charge is 2.28. The Morgan fingerprint density at radius 2 is 2.28 bits per heavy atom. The molecule has 4 N–H and O–H groups in total. The van der Waals surface area contributed by atoms with E-state index in [1.165, 1.54) is 0 Å². The van der Waals surface area contributed by atoms with Crippen LogP contribution in [0.5, 0.6) is 0 Å². The molecule has 0 radical (unpaired) electrons. The minimum Gasteiger partial charge on any atom is -0.384 e. The fourth-order valence-corrected chi connectivity index (χ4v) is 2.40. The van der Waals surface area contributed by atoms with Crippen molar-refractivity contribution in [1.82, 2.24) is 9.88 Å². The van der Waals surface area contributed by atoms with E-state index in [0.29, 0.717) is 11.9 Å². The summed E-state index contributed by atoms with van der Waals surface area (Å²) in [4.78, 5) is 17.6. The Bertz CT molecular complexity index is 418. The zero-order chi connectivity index (χ0) is 13.1. The van der Waals surface area contributed by atoms with Gasteiger partial charge in [-0.2, -0.15) is 0 Å². The van der Waals surface area contributed by atoms with E-state index in [1.54, 1.807) is 12.3 Å². The molecular formula is C13H20N4O. The number of likely N-dealkylation sites (tertiary alicyclic amines) is 1. The number of anilines is 1. The van der Waals surface area contributed by atoms with Crippen LogP contribution in [-0.4, -0.2) is 28.4 Å². The minimum atomic E-state index is -0.192. The summed E-state index contributed by atoms with van der Waals surface area (Å²) in [7, 11) is 0. The summed E-state index contributed by atoms with van der Waals surface area (Å²) in [6.07, 6.45) is 3.69. The van der Waals surface area contributed by atoms with E-state index in [4.69, 9.17) is 11.5 Å². The van der Waals surface area contributed by atoms with Crippen molar-refractivity contribution in [3.8, 4) is 0 Å². The Morgan fingerprint density at radius 3 is 2.89 bits per heavy atom. The number of amides is 1. The van der Waals surface area contributed by atoms with Gasteiger partial charge in [0.05, 0.1) is 5.92 Å². The molecule has 0 bridgehead atoms. The topological polar surface area (TPSA) is 85.2 Å². The van der Waals surface area contributed by atoms with Gasteiger partial charge in [0, 0.05) is 25.3 Å². The highest BCUT2D eigenvalue weighted by molar-refractivity contribution is 5.76. The molecule has 1 amide bonds. The number of nitrogens with zero attached hydrogens (tertiary/aromatic N) is 2. The molecule has 0 aromatic carbocycles. The third-order valence-corrected chi connectivity index (χ3v) is 3.65. The van der Waals surface area contributed by atoms with Crippen LogP contribution < -0.4 is 11.5 Å². The maximum atomic E-state index is 11.3. The largest absolute Gasteiger partial charge is 0.384 e. The Labute approximate surface area is 107 Å². The van der Waals surface area contributed by atoms with Gasteiger partial charge < -0.3 is 11.5 Å². The Morgan fingerprint density at radius 1 is 1.50 bits per heavy atom. The van der Waals surface area contributed by atoms with E-state index in [-0.39, 0.29) is 11.8 Å². The summed E-state index contributed by atoms with van der Waals surface area (Å²) in [5.41, 5.74) is 12.1. The van der Waals surface area contributed by atoms with Gasteiger partial charge in [-0.15, -0.1) is 0 Å². The predicted molar refractivity (Wildman–Crippen MR) is 70.4 cm³/mol. The summed E-state index contributed by atoms with van der Waals surface area (Å²) in [5.74, 6) is 0.311. The Balaban J connectivity index is 2.02. The van der Waals surface area contributed by atoms with Gasteiger partial charge in [0.1, 0.15) is 5.82 Å². The Kier molecular flexibility index (Phi) is 3.81. The molecule has 5 heteroatoms. The molecule has 98 valence electrons. The number of nitrogens with two attached hydrogens (primary N) is 2. The first kappa shape index (κ1) is 12.8. The number of piperidine rings is 1. The number of rotatable bonds is 3. The van der Waals surface area contributed by atoms with Gasteiger partial charge in [0.15, 0.2) is 0 Å². The van der Waals surface area contributed by atoms with Crippen LogP contribution in [0.2, 0.25) is 0 Å². The zero-order valence-corrected chi connectivity index (χ0v) is 10.7. The van der Waals surface area contributed by atoms with Gasteiger partial charge >= 0.3 is 0 Å².